The van der Waals surface area contributed by atoms with Gasteiger partial charge in [0.25, 0.3) is 0 Å². The molecule has 1 atom stereocenters. The van der Waals surface area contributed by atoms with Crippen LogP contribution in [0.4, 0.5) is 0 Å². The summed E-state index contributed by atoms with van der Waals surface area (Å²) in [6.45, 7) is 5.00. The Morgan fingerprint density at radius 2 is 2.50 bits per heavy atom. The van der Waals surface area contributed by atoms with Crippen molar-refractivity contribution in [3.8, 4) is 5.88 Å². The Bertz CT molecular complexity index is 278. The quantitative estimate of drug-likeness (QED) is 0.785. The Kier molecular flexibility index (Phi) is 2.99. The molecule has 0 bridgehead atoms. The van der Waals surface area contributed by atoms with Crippen molar-refractivity contribution in [1.82, 2.24) is 10.3 Å². The molecule has 1 fully saturated rings. The average Bonchev–Trinajstić information content (AvgIpc) is 2.70. The van der Waals surface area contributed by atoms with E-state index in [1.54, 1.807) is 0 Å². The standard InChI is InChI=1S/C11H16N2O/c1-9-2-3-11(13-6-9)14-8-10-4-5-12-7-10/h2-3,6,10,12H,4-5,7-8H2,1H3/t10-/m0/s1. The minimum absolute atomic E-state index is 0.651. The molecule has 1 aromatic heterocycles. The number of aryl methyl sites for hydroxylation is 1. The van der Waals surface area contributed by atoms with Crippen LogP contribution in [0, 0.1) is 12.8 Å². The monoisotopic (exact) mass is 192 g/mol. The normalized spacial score (nSPS) is 21.1. The lowest BCUT2D eigenvalue weighted by Gasteiger charge is -2.09. The van der Waals surface area contributed by atoms with Crippen LogP contribution in [0.2, 0.25) is 0 Å². The molecular weight excluding hydrogens is 176 g/mol. The number of aromatic nitrogens is 1. The molecule has 0 amide bonds. The third-order valence-corrected chi connectivity index (χ3v) is 2.51. The fourth-order valence-electron chi connectivity index (χ4n) is 1.60. The summed E-state index contributed by atoms with van der Waals surface area (Å²) < 4.78 is 5.59. The molecular formula is C11H16N2O. The van der Waals surface area contributed by atoms with Crippen LogP contribution in [-0.2, 0) is 0 Å². The summed E-state index contributed by atoms with van der Waals surface area (Å²) in [4.78, 5) is 4.20. The van der Waals surface area contributed by atoms with Crippen molar-refractivity contribution < 1.29 is 4.74 Å². The number of hydrogen-bond donors (Lipinski definition) is 1. The average molecular weight is 192 g/mol. The van der Waals surface area contributed by atoms with Gasteiger partial charge in [-0.2, -0.15) is 0 Å². The van der Waals surface area contributed by atoms with Gasteiger partial charge in [-0.1, -0.05) is 6.07 Å². The number of pyridine rings is 1. The SMILES string of the molecule is Cc1ccc(OC[C@H]2CCNC2)nc1. The molecule has 2 heterocycles. The molecule has 0 unspecified atom stereocenters. The Morgan fingerprint density at radius 1 is 1.57 bits per heavy atom. The minimum Gasteiger partial charge on any atom is -0.477 e. The van der Waals surface area contributed by atoms with E-state index in [-0.39, 0.29) is 0 Å². The molecule has 76 valence electrons. The smallest absolute Gasteiger partial charge is 0.213 e. The van der Waals surface area contributed by atoms with E-state index in [0.717, 1.165) is 25.6 Å². The Labute approximate surface area is 84.5 Å². The number of hydrogen-bond acceptors (Lipinski definition) is 3. The predicted octanol–water partition coefficient (Wildman–Crippen LogP) is 1.38. The van der Waals surface area contributed by atoms with Gasteiger partial charge in [0.05, 0.1) is 6.61 Å². The number of nitrogens with one attached hydrogen (secondary N) is 1. The zero-order valence-electron chi connectivity index (χ0n) is 8.49. The summed E-state index contributed by atoms with van der Waals surface area (Å²) in [5.41, 5.74) is 1.17. The van der Waals surface area contributed by atoms with Gasteiger partial charge in [-0.25, -0.2) is 4.98 Å². The third kappa shape index (κ3) is 2.45. The van der Waals surface area contributed by atoms with E-state index < -0.39 is 0 Å². The van der Waals surface area contributed by atoms with Crippen LogP contribution in [0.5, 0.6) is 5.88 Å². The first-order valence-corrected chi connectivity index (χ1v) is 5.11. The molecule has 1 aliphatic heterocycles. The Morgan fingerprint density at radius 3 is 3.14 bits per heavy atom. The second-order valence-corrected chi connectivity index (χ2v) is 3.84. The second kappa shape index (κ2) is 4.42. The first kappa shape index (κ1) is 9.46. The maximum absolute atomic E-state index is 5.59. The van der Waals surface area contributed by atoms with E-state index in [1.165, 1.54) is 12.0 Å². The van der Waals surface area contributed by atoms with E-state index in [2.05, 4.69) is 10.3 Å². The zero-order valence-corrected chi connectivity index (χ0v) is 8.49. The lowest BCUT2D eigenvalue weighted by atomic mass is 10.1. The highest BCUT2D eigenvalue weighted by atomic mass is 16.5. The maximum Gasteiger partial charge on any atom is 0.213 e. The van der Waals surface area contributed by atoms with Crippen molar-refractivity contribution >= 4 is 0 Å². The highest BCUT2D eigenvalue weighted by Crippen LogP contribution is 2.11. The number of nitrogens with zero attached hydrogens (tertiary/aromatic N) is 1. The van der Waals surface area contributed by atoms with Crippen molar-refractivity contribution in [3.05, 3.63) is 23.9 Å². The van der Waals surface area contributed by atoms with Crippen molar-refractivity contribution in [2.24, 2.45) is 5.92 Å². The van der Waals surface area contributed by atoms with Gasteiger partial charge in [-0.3, -0.25) is 0 Å². The molecule has 0 aliphatic carbocycles. The van der Waals surface area contributed by atoms with Gasteiger partial charge in [-0.05, 0) is 25.5 Å². The Balaban J connectivity index is 1.82. The molecule has 1 N–H and O–H groups in total. The summed E-state index contributed by atoms with van der Waals surface area (Å²) in [6.07, 6.45) is 3.05. The molecule has 2 rings (SSSR count). The zero-order chi connectivity index (χ0) is 9.80. The van der Waals surface area contributed by atoms with Crippen LogP contribution in [-0.4, -0.2) is 24.7 Å². The summed E-state index contributed by atoms with van der Waals surface area (Å²) in [5.74, 6) is 1.39. The van der Waals surface area contributed by atoms with Crippen LogP contribution >= 0.6 is 0 Å². The number of rotatable bonds is 3. The van der Waals surface area contributed by atoms with Crippen molar-refractivity contribution in [2.75, 3.05) is 19.7 Å². The van der Waals surface area contributed by atoms with Gasteiger partial charge in [0.2, 0.25) is 5.88 Å². The molecule has 14 heavy (non-hydrogen) atoms. The molecule has 3 nitrogen and oxygen atoms in total. The Hall–Kier alpha value is -1.09. The summed E-state index contributed by atoms with van der Waals surface area (Å²) in [6, 6.07) is 3.95. The molecule has 0 saturated carbocycles. The van der Waals surface area contributed by atoms with Crippen LogP contribution in [0.3, 0.4) is 0 Å². The lowest BCUT2D eigenvalue weighted by molar-refractivity contribution is 0.251. The van der Waals surface area contributed by atoms with Crippen molar-refractivity contribution in [2.45, 2.75) is 13.3 Å². The molecule has 0 spiro atoms. The van der Waals surface area contributed by atoms with Gasteiger partial charge in [0.1, 0.15) is 0 Å². The van der Waals surface area contributed by atoms with Gasteiger partial charge < -0.3 is 10.1 Å². The van der Waals surface area contributed by atoms with Gasteiger partial charge in [0.15, 0.2) is 0 Å². The highest BCUT2D eigenvalue weighted by molar-refractivity contribution is 5.16. The molecule has 1 saturated heterocycles. The maximum atomic E-state index is 5.59. The van der Waals surface area contributed by atoms with E-state index in [0.29, 0.717) is 5.92 Å². The first-order valence-electron chi connectivity index (χ1n) is 5.11. The van der Waals surface area contributed by atoms with Crippen molar-refractivity contribution in [3.63, 3.8) is 0 Å². The summed E-state index contributed by atoms with van der Waals surface area (Å²) in [7, 11) is 0. The lowest BCUT2D eigenvalue weighted by Crippen LogP contribution is -2.15. The van der Waals surface area contributed by atoms with Gasteiger partial charge in [-0.15, -0.1) is 0 Å². The summed E-state index contributed by atoms with van der Waals surface area (Å²) in [5, 5.41) is 3.32. The second-order valence-electron chi connectivity index (χ2n) is 3.84. The predicted molar refractivity (Wildman–Crippen MR) is 55.4 cm³/mol. The topological polar surface area (TPSA) is 34.1 Å². The first-order chi connectivity index (χ1) is 6.84. The fraction of sp³-hybridized carbons (Fsp3) is 0.545. The van der Waals surface area contributed by atoms with Gasteiger partial charge in [0, 0.05) is 24.7 Å². The van der Waals surface area contributed by atoms with Crippen LogP contribution in [0.25, 0.3) is 0 Å². The summed E-state index contributed by atoms with van der Waals surface area (Å²) >= 11 is 0. The molecule has 3 heteroatoms. The van der Waals surface area contributed by atoms with Crippen LogP contribution < -0.4 is 10.1 Å². The van der Waals surface area contributed by atoms with Crippen LogP contribution in [0.1, 0.15) is 12.0 Å². The largest absolute Gasteiger partial charge is 0.477 e. The van der Waals surface area contributed by atoms with E-state index in [9.17, 15) is 0 Å². The minimum atomic E-state index is 0.651. The molecule has 1 aliphatic rings. The molecule has 1 aromatic rings. The van der Waals surface area contributed by atoms with Crippen LogP contribution in [0.15, 0.2) is 18.3 Å². The van der Waals surface area contributed by atoms with Gasteiger partial charge >= 0.3 is 0 Å². The fourth-order valence-corrected chi connectivity index (χ4v) is 1.60. The molecule has 0 radical (unpaired) electrons. The van der Waals surface area contributed by atoms with E-state index in [4.69, 9.17) is 4.74 Å². The van der Waals surface area contributed by atoms with E-state index >= 15 is 0 Å². The van der Waals surface area contributed by atoms with E-state index in [1.807, 2.05) is 25.3 Å². The highest BCUT2D eigenvalue weighted by Gasteiger charge is 2.14. The molecule has 0 aromatic carbocycles. The number of ether oxygens (including phenoxy) is 1. The van der Waals surface area contributed by atoms with Crippen molar-refractivity contribution in [1.29, 1.82) is 0 Å². The third-order valence-electron chi connectivity index (χ3n) is 2.51.